The van der Waals surface area contributed by atoms with E-state index in [2.05, 4.69) is 20.5 Å². The quantitative estimate of drug-likeness (QED) is 0.474. The zero-order valence-electron chi connectivity index (χ0n) is 17.1. The molecular formula is C23H20N6O2. The summed E-state index contributed by atoms with van der Waals surface area (Å²) in [5, 5.41) is 12.5. The molecule has 0 aliphatic carbocycles. The van der Waals surface area contributed by atoms with Crippen LogP contribution in [-0.2, 0) is 13.6 Å². The highest BCUT2D eigenvalue weighted by Crippen LogP contribution is 2.22. The Morgan fingerprint density at radius 2 is 1.81 bits per heavy atom. The van der Waals surface area contributed by atoms with Gasteiger partial charge >= 0.3 is 0 Å². The molecule has 0 unspecified atom stereocenters. The molecule has 5 aromatic rings. The van der Waals surface area contributed by atoms with Gasteiger partial charge in [0.2, 0.25) is 11.7 Å². The Labute approximate surface area is 177 Å². The zero-order valence-corrected chi connectivity index (χ0v) is 17.1. The van der Waals surface area contributed by atoms with Crippen molar-refractivity contribution in [1.29, 1.82) is 0 Å². The number of nitrogens with zero attached hydrogens (tertiary/aromatic N) is 5. The number of para-hydroxylation sites is 1. The van der Waals surface area contributed by atoms with Crippen LogP contribution in [0, 0.1) is 6.92 Å². The van der Waals surface area contributed by atoms with Crippen molar-refractivity contribution in [2.45, 2.75) is 13.5 Å². The number of aryl methyl sites for hydroxylation is 2. The fraction of sp³-hybridized carbons (Fsp3) is 0.130. The largest absolute Gasteiger partial charge is 0.439 e. The highest BCUT2D eigenvalue weighted by Gasteiger charge is 2.14. The molecule has 5 rings (SSSR count). The number of aromatic nitrogens is 5. The van der Waals surface area contributed by atoms with Crippen LogP contribution in [0.15, 0.2) is 71.7 Å². The maximum atomic E-state index is 12.6. The number of ether oxygens (including phenoxy) is 1. The first-order chi connectivity index (χ1) is 15.1. The molecule has 0 radical (unpaired) electrons. The maximum Gasteiger partial charge on any atom is 0.262 e. The Kier molecular flexibility index (Phi) is 4.59. The number of hydrogen-bond donors (Lipinski definition) is 1. The molecule has 154 valence electrons. The van der Waals surface area contributed by atoms with Gasteiger partial charge in [0.05, 0.1) is 17.4 Å². The standard InChI is InChI=1S/C23H20N6O2/c1-15-7-12-21(25-13-15)31-17-10-8-16(9-11-17)24-14-20-26-27-23-28(2)22(30)18-5-3-4-6-19(18)29(20)23/h3-13,24H,14H2,1-2H3. The van der Waals surface area contributed by atoms with Crippen LogP contribution in [0.4, 0.5) is 5.69 Å². The summed E-state index contributed by atoms with van der Waals surface area (Å²) in [6.07, 6.45) is 1.77. The van der Waals surface area contributed by atoms with Crippen LogP contribution in [0.2, 0.25) is 0 Å². The second kappa shape index (κ2) is 7.56. The van der Waals surface area contributed by atoms with E-state index in [-0.39, 0.29) is 5.56 Å². The SMILES string of the molecule is Cc1ccc(Oc2ccc(NCc3nnc4n(C)c(=O)c5ccccc5n34)cc2)nc1. The van der Waals surface area contributed by atoms with Gasteiger partial charge < -0.3 is 10.1 Å². The molecular weight excluding hydrogens is 392 g/mol. The monoisotopic (exact) mass is 412 g/mol. The van der Waals surface area contributed by atoms with Gasteiger partial charge in [0.15, 0.2) is 5.82 Å². The lowest BCUT2D eigenvalue weighted by Gasteiger charge is -2.10. The number of fused-ring (bicyclic) bond motifs is 3. The first kappa shape index (κ1) is 18.8. The van der Waals surface area contributed by atoms with Crippen molar-refractivity contribution in [3.8, 4) is 11.6 Å². The average Bonchev–Trinajstić information content (AvgIpc) is 3.23. The molecule has 8 nitrogen and oxygen atoms in total. The fourth-order valence-corrected chi connectivity index (χ4v) is 3.46. The molecule has 0 spiro atoms. The van der Waals surface area contributed by atoms with Gasteiger partial charge in [-0.3, -0.25) is 13.8 Å². The van der Waals surface area contributed by atoms with Gasteiger partial charge in [-0.1, -0.05) is 18.2 Å². The second-order valence-corrected chi connectivity index (χ2v) is 7.29. The van der Waals surface area contributed by atoms with Gasteiger partial charge in [-0.15, -0.1) is 10.2 Å². The number of benzene rings is 2. The molecule has 0 saturated heterocycles. The zero-order chi connectivity index (χ0) is 21.4. The third-order valence-electron chi connectivity index (χ3n) is 5.10. The van der Waals surface area contributed by atoms with Crippen LogP contribution in [0.5, 0.6) is 11.6 Å². The topological polar surface area (TPSA) is 86.3 Å². The van der Waals surface area contributed by atoms with Gasteiger partial charge in [0.1, 0.15) is 5.75 Å². The molecule has 0 atom stereocenters. The summed E-state index contributed by atoms with van der Waals surface area (Å²) in [7, 11) is 1.71. The summed E-state index contributed by atoms with van der Waals surface area (Å²) in [6.45, 7) is 2.43. The van der Waals surface area contributed by atoms with Gasteiger partial charge in [0.25, 0.3) is 5.56 Å². The average molecular weight is 412 g/mol. The Morgan fingerprint density at radius 1 is 1.00 bits per heavy atom. The second-order valence-electron chi connectivity index (χ2n) is 7.29. The molecule has 2 aromatic carbocycles. The van der Waals surface area contributed by atoms with Crippen molar-refractivity contribution in [2.75, 3.05) is 5.32 Å². The first-order valence-electron chi connectivity index (χ1n) is 9.86. The lowest BCUT2D eigenvalue weighted by atomic mass is 10.2. The third kappa shape index (κ3) is 3.48. The van der Waals surface area contributed by atoms with E-state index in [1.54, 1.807) is 13.2 Å². The van der Waals surface area contributed by atoms with Gasteiger partial charge in [-0.25, -0.2) is 4.98 Å². The van der Waals surface area contributed by atoms with Crippen LogP contribution in [-0.4, -0.2) is 24.1 Å². The van der Waals surface area contributed by atoms with E-state index in [0.717, 1.165) is 16.8 Å². The van der Waals surface area contributed by atoms with Crippen molar-refractivity contribution < 1.29 is 4.74 Å². The Hall–Kier alpha value is -4.20. The lowest BCUT2D eigenvalue weighted by Crippen LogP contribution is -2.20. The summed E-state index contributed by atoms with van der Waals surface area (Å²) in [6, 6.07) is 18.9. The molecule has 0 fully saturated rings. The van der Waals surface area contributed by atoms with Crippen molar-refractivity contribution in [2.24, 2.45) is 7.05 Å². The van der Waals surface area contributed by atoms with Crippen LogP contribution < -0.4 is 15.6 Å². The van der Waals surface area contributed by atoms with E-state index in [4.69, 9.17) is 4.74 Å². The summed E-state index contributed by atoms with van der Waals surface area (Å²) in [5.41, 5.74) is 2.70. The van der Waals surface area contributed by atoms with Crippen molar-refractivity contribution >= 4 is 22.4 Å². The number of pyridine rings is 1. The Morgan fingerprint density at radius 3 is 2.58 bits per heavy atom. The molecule has 0 aliphatic rings. The molecule has 0 aliphatic heterocycles. The molecule has 0 saturated carbocycles. The van der Waals surface area contributed by atoms with Crippen LogP contribution in [0.3, 0.4) is 0 Å². The number of rotatable bonds is 5. The van der Waals surface area contributed by atoms with Crippen LogP contribution in [0.25, 0.3) is 16.7 Å². The molecule has 0 amide bonds. The predicted molar refractivity (Wildman–Crippen MR) is 119 cm³/mol. The highest BCUT2D eigenvalue weighted by molar-refractivity contribution is 5.80. The van der Waals surface area contributed by atoms with E-state index in [9.17, 15) is 4.79 Å². The molecule has 1 N–H and O–H groups in total. The molecule has 0 bridgehead atoms. The van der Waals surface area contributed by atoms with Gasteiger partial charge in [-0.05, 0) is 48.9 Å². The smallest absolute Gasteiger partial charge is 0.262 e. The van der Waals surface area contributed by atoms with Crippen molar-refractivity contribution in [1.82, 2.24) is 24.1 Å². The minimum Gasteiger partial charge on any atom is -0.439 e. The molecule has 8 heteroatoms. The summed E-state index contributed by atoms with van der Waals surface area (Å²) < 4.78 is 9.20. The van der Waals surface area contributed by atoms with E-state index < -0.39 is 0 Å². The maximum absolute atomic E-state index is 12.6. The van der Waals surface area contributed by atoms with E-state index in [0.29, 0.717) is 35.2 Å². The molecule has 31 heavy (non-hydrogen) atoms. The van der Waals surface area contributed by atoms with E-state index >= 15 is 0 Å². The first-order valence-corrected chi connectivity index (χ1v) is 9.86. The van der Waals surface area contributed by atoms with E-state index in [1.807, 2.05) is 72.0 Å². The number of nitrogens with one attached hydrogen (secondary N) is 1. The minimum absolute atomic E-state index is 0.0892. The fourth-order valence-electron chi connectivity index (χ4n) is 3.46. The summed E-state index contributed by atoms with van der Waals surface area (Å²) >= 11 is 0. The summed E-state index contributed by atoms with van der Waals surface area (Å²) in [5.74, 6) is 2.48. The minimum atomic E-state index is -0.0892. The lowest BCUT2D eigenvalue weighted by molar-refractivity contribution is 0.463. The normalized spacial score (nSPS) is 11.2. The third-order valence-corrected chi connectivity index (χ3v) is 5.10. The molecule has 3 aromatic heterocycles. The predicted octanol–water partition coefficient (Wildman–Crippen LogP) is 3.69. The van der Waals surface area contributed by atoms with Crippen LogP contribution in [0.1, 0.15) is 11.4 Å². The van der Waals surface area contributed by atoms with Gasteiger partial charge in [0, 0.05) is 25.0 Å². The van der Waals surface area contributed by atoms with Crippen molar-refractivity contribution in [3.63, 3.8) is 0 Å². The van der Waals surface area contributed by atoms with Gasteiger partial charge in [-0.2, -0.15) is 0 Å². The van der Waals surface area contributed by atoms with E-state index in [1.165, 1.54) is 4.57 Å². The Bertz CT molecular complexity index is 1440. The van der Waals surface area contributed by atoms with Crippen molar-refractivity contribution in [3.05, 3.63) is 88.6 Å². The summed E-state index contributed by atoms with van der Waals surface area (Å²) in [4.78, 5) is 16.8. The highest BCUT2D eigenvalue weighted by atomic mass is 16.5. The number of anilines is 1. The Balaban J connectivity index is 1.38. The number of hydrogen-bond acceptors (Lipinski definition) is 6. The molecule has 3 heterocycles. The van der Waals surface area contributed by atoms with Crippen LogP contribution >= 0.6 is 0 Å².